The van der Waals surface area contributed by atoms with Crippen molar-refractivity contribution in [2.45, 2.75) is 25.8 Å². The highest BCUT2D eigenvalue weighted by Crippen LogP contribution is 2.19. The zero-order valence-corrected chi connectivity index (χ0v) is 10.4. The smallest absolute Gasteiger partial charge is 0.0456 e. The molecule has 0 spiro atoms. The number of fused-ring (bicyclic) bond motifs is 1. The molecule has 0 radical (unpaired) electrons. The standard InChI is InChI=1S/C14H21N3/c1-2-12(16-8-7-15)9-11-10-17-14-6-4-3-5-13(11)14/h3-6,10,12,16-17H,2,7-9,15H2,1H3. The molecule has 4 N–H and O–H groups in total. The van der Waals surface area contributed by atoms with E-state index >= 15 is 0 Å². The Morgan fingerprint density at radius 1 is 1.35 bits per heavy atom. The largest absolute Gasteiger partial charge is 0.361 e. The van der Waals surface area contributed by atoms with Crippen LogP contribution >= 0.6 is 0 Å². The highest BCUT2D eigenvalue weighted by molar-refractivity contribution is 5.83. The number of aromatic nitrogens is 1. The molecule has 0 fully saturated rings. The van der Waals surface area contributed by atoms with Gasteiger partial charge in [-0.3, -0.25) is 0 Å². The molecular weight excluding hydrogens is 210 g/mol. The summed E-state index contributed by atoms with van der Waals surface area (Å²) < 4.78 is 0. The van der Waals surface area contributed by atoms with Crippen LogP contribution in [0.2, 0.25) is 0 Å². The van der Waals surface area contributed by atoms with Gasteiger partial charge in [-0.2, -0.15) is 0 Å². The van der Waals surface area contributed by atoms with Crippen molar-refractivity contribution < 1.29 is 0 Å². The maximum atomic E-state index is 5.53. The summed E-state index contributed by atoms with van der Waals surface area (Å²) in [6.07, 6.45) is 4.30. The zero-order chi connectivity index (χ0) is 12.1. The van der Waals surface area contributed by atoms with Crippen LogP contribution in [0.25, 0.3) is 10.9 Å². The summed E-state index contributed by atoms with van der Waals surface area (Å²) in [6.45, 7) is 3.80. The highest BCUT2D eigenvalue weighted by atomic mass is 14.9. The third-order valence-electron chi connectivity index (χ3n) is 3.21. The van der Waals surface area contributed by atoms with E-state index in [9.17, 15) is 0 Å². The zero-order valence-electron chi connectivity index (χ0n) is 10.4. The number of nitrogens with two attached hydrogens (primary N) is 1. The fraction of sp³-hybridized carbons (Fsp3) is 0.429. The SMILES string of the molecule is CCC(Cc1c[nH]c2ccccc12)NCCN. The first-order valence-corrected chi connectivity index (χ1v) is 6.33. The van der Waals surface area contributed by atoms with E-state index in [4.69, 9.17) is 5.73 Å². The lowest BCUT2D eigenvalue weighted by molar-refractivity contribution is 0.503. The Morgan fingerprint density at radius 3 is 2.94 bits per heavy atom. The average Bonchev–Trinajstić information content (AvgIpc) is 2.78. The van der Waals surface area contributed by atoms with Crippen LogP contribution in [0.15, 0.2) is 30.5 Å². The van der Waals surface area contributed by atoms with Gasteiger partial charge < -0.3 is 16.0 Å². The van der Waals surface area contributed by atoms with Crippen LogP contribution < -0.4 is 11.1 Å². The number of rotatable bonds is 6. The van der Waals surface area contributed by atoms with Gasteiger partial charge in [-0.25, -0.2) is 0 Å². The van der Waals surface area contributed by atoms with Gasteiger partial charge in [0.15, 0.2) is 0 Å². The first-order chi connectivity index (χ1) is 8.35. The Kier molecular flexibility index (Phi) is 4.18. The van der Waals surface area contributed by atoms with Crippen molar-refractivity contribution in [3.05, 3.63) is 36.0 Å². The van der Waals surface area contributed by atoms with Crippen molar-refractivity contribution in [3.63, 3.8) is 0 Å². The van der Waals surface area contributed by atoms with E-state index in [2.05, 4.69) is 47.7 Å². The second kappa shape index (κ2) is 5.84. The normalized spacial score (nSPS) is 13.1. The topological polar surface area (TPSA) is 53.8 Å². The third-order valence-corrected chi connectivity index (χ3v) is 3.21. The minimum atomic E-state index is 0.512. The maximum absolute atomic E-state index is 5.53. The number of aromatic amines is 1. The fourth-order valence-electron chi connectivity index (χ4n) is 2.21. The van der Waals surface area contributed by atoms with E-state index in [1.165, 1.54) is 16.5 Å². The first-order valence-electron chi connectivity index (χ1n) is 6.33. The van der Waals surface area contributed by atoms with Crippen LogP contribution in [-0.2, 0) is 6.42 Å². The van der Waals surface area contributed by atoms with Gasteiger partial charge in [0.2, 0.25) is 0 Å². The molecular formula is C14H21N3. The molecule has 2 rings (SSSR count). The van der Waals surface area contributed by atoms with Gasteiger partial charge >= 0.3 is 0 Å². The molecule has 1 aromatic carbocycles. The van der Waals surface area contributed by atoms with Crippen LogP contribution in [0.1, 0.15) is 18.9 Å². The Labute approximate surface area is 102 Å². The Morgan fingerprint density at radius 2 is 2.18 bits per heavy atom. The van der Waals surface area contributed by atoms with E-state index in [1.807, 2.05) is 0 Å². The van der Waals surface area contributed by atoms with E-state index in [0.717, 1.165) is 19.4 Å². The molecule has 1 heterocycles. The van der Waals surface area contributed by atoms with Gasteiger partial charge in [0.25, 0.3) is 0 Å². The molecule has 0 aliphatic heterocycles. The number of H-pyrrole nitrogens is 1. The highest BCUT2D eigenvalue weighted by Gasteiger charge is 2.09. The average molecular weight is 231 g/mol. The van der Waals surface area contributed by atoms with Gasteiger partial charge in [0.1, 0.15) is 0 Å². The quantitative estimate of drug-likeness (QED) is 0.712. The summed E-state index contributed by atoms with van der Waals surface area (Å²) in [4.78, 5) is 3.32. The Hall–Kier alpha value is -1.32. The van der Waals surface area contributed by atoms with Gasteiger partial charge in [-0.05, 0) is 24.5 Å². The molecule has 0 aliphatic carbocycles. The molecule has 2 aromatic rings. The molecule has 17 heavy (non-hydrogen) atoms. The molecule has 1 atom stereocenters. The van der Waals surface area contributed by atoms with Crippen molar-refractivity contribution in [2.75, 3.05) is 13.1 Å². The summed E-state index contributed by atoms with van der Waals surface area (Å²) in [5, 5.41) is 4.82. The van der Waals surface area contributed by atoms with Gasteiger partial charge in [-0.1, -0.05) is 25.1 Å². The predicted molar refractivity (Wildman–Crippen MR) is 73.1 cm³/mol. The molecule has 0 saturated heterocycles. The van der Waals surface area contributed by atoms with Gasteiger partial charge in [-0.15, -0.1) is 0 Å². The van der Waals surface area contributed by atoms with E-state index < -0.39 is 0 Å². The van der Waals surface area contributed by atoms with E-state index in [0.29, 0.717) is 12.6 Å². The molecule has 1 unspecified atom stereocenters. The van der Waals surface area contributed by atoms with Crippen molar-refractivity contribution in [2.24, 2.45) is 5.73 Å². The summed E-state index contributed by atoms with van der Waals surface area (Å²) in [6, 6.07) is 8.96. The Bertz CT molecular complexity index is 461. The van der Waals surface area contributed by atoms with Crippen molar-refractivity contribution in [1.82, 2.24) is 10.3 Å². The molecule has 3 heteroatoms. The monoisotopic (exact) mass is 231 g/mol. The number of nitrogens with one attached hydrogen (secondary N) is 2. The lowest BCUT2D eigenvalue weighted by Gasteiger charge is -2.15. The number of para-hydroxylation sites is 1. The molecule has 0 aliphatic rings. The van der Waals surface area contributed by atoms with E-state index in [1.54, 1.807) is 0 Å². The molecule has 0 amide bonds. The number of hydrogen-bond acceptors (Lipinski definition) is 2. The van der Waals surface area contributed by atoms with Crippen molar-refractivity contribution in [3.8, 4) is 0 Å². The fourth-order valence-corrected chi connectivity index (χ4v) is 2.21. The number of benzene rings is 1. The first kappa shape index (κ1) is 12.1. The summed E-state index contributed by atoms with van der Waals surface area (Å²) in [7, 11) is 0. The number of hydrogen-bond donors (Lipinski definition) is 3. The predicted octanol–water partition coefficient (Wildman–Crippen LogP) is 2.04. The molecule has 0 saturated carbocycles. The van der Waals surface area contributed by atoms with Crippen LogP contribution in [-0.4, -0.2) is 24.1 Å². The minimum absolute atomic E-state index is 0.512. The van der Waals surface area contributed by atoms with Crippen LogP contribution in [0, 0.1) is 0 Å². The van der Waals surface area contributed by atoms with E-state index in [-0.39, 0.29) is 0 Å². The lowest BCUT2D eigenvalue weighted by atomic mass is 10.0. The van der Waals surface area contributed by atoms with Crippen LogP contribution in [0.5, 0.6) is 0 Å². The van der Waals surface area contributed by atoms with Crippen LogP contribution in [0.4, 0.5) is 0 Å². The summed E-state index contributed by atoms with van der Waals surface area (Å²) in [5.41, 5.74) is 8.13. The molecule has 92 valence electrons. The third kappa shape index (κ3) is 2.87. The second-order valence-electron chi connectivity index (χ2n) is 4.41. The maximum Gasteiger partial charge on any atom is 0.0456 e. The van der Waals surface area contributed by atoms with Crippen molar-refractivity contribution in [1.29, 1.82) is 0 Å². The van der Waals surface area contributed by atoms with Crippen molar-refractivity contribution >= 4 is 10.9 Å². The van der Waals surface area contributed by atoms with Crippen LogP contribution in [0.3, 0.4) is 0 Å². The molecule has 1 aromatic heterocycles. The Balaban J connectivity index is 2.11. The minimum Gasteiger partial charge on any atom is -0.361 e. The molecule has 0 bridgehead atoms. The lowest BCUT2D eigenvalue weighted by Crippen LogP contribution is -2.34. The van der Waals surface area contributed by atoms with Gasteiger partial charge in [0.05, 0.1) is 0 Å². The summed E-state index contributed by atoms with van der Waals surface area (Å²) >= 11 is 0. The second-order valence-corrected chi connectivity index (χ2v) is 4.41. The molecule has 3 nitrogen and oxygen atoms in total. The van der Waals surface area contributed by atoms with Gasteiger partial charge in [0, 0.05) is 36.2 Å². The summed E-state index contributed by atoms with van der Waals surface area (Å²) in [5.74, 6) is 0.